The molecule has 0 heterocycles. The largest absolute Gasteiger partial charge is 0.478 e. The maximum Gasteiger partial charge on any atom is 0.336 e. The summed E-state index contributed by atoms with van der Waals surface area (Å²) >= 11 is 3.32. The zero-order valence-electron chi connectivity index (χ0n) is 11.9. The van der Waals surface area contributed by atoms with Crippen molar-refractivity contribution in [3.63, 3.8) is 0 Å². The van der Waals surface area contributed by atoms with Gasteiger partial charge >= 0.3 is 5.97 Å². The minimum Gasteiger partial charge on any atom is -0.478 e. The predicted molar refractivity (Wildman–Crippen MR) is 85.4 cm³/mol. The standard InChI is InChI=1S/C16H22BrNO2/c1-2-3-11-4-6-12(7-5-11)18-13-8-9-14(16(19)20)15(17)10-13/h8-12,18H,2-7H2,1H3,(H,19,20). The minimum atomic E-state index is -0.900. The molecule has 1 aromatic rings. The highest BCUT2D eigenvalue weighted by molar-refractivity contribution is 9.10. The van der Waals surface area contributed by atoms with Gasteiger partial charge in [-0.15, -0.1) is 0 Å². The first kappa shape index (κ1) is 15.4. The summed E-state index contributed by atoms with van der Waals surface area (Å²) in [6.07, 6.45) is 7.67. The van der Waals surface area contributed by atoms with E-state index in [1.807, 2.05) is 12.1 Å². The van der Waals surface area contributed by atoms with Gasteiger partial charge < -0.3 is 10.4 Å². The highest BCUT2D eigenvalue weighted by Gasteiger charge is 2.20. The molecule has 0 spiro atoms. The quantitative estimate of drug-likeness (QED) is 0.800. The van der Waals surface area contributed by atoms with E-state index in [4.69, 9.17) is 5.11 Å². The fourth-order valence-electron chi connectivity index (χ4n) is 3.02. The number of rotatable bonds is 5. The lowest BCUT2D eigenvalue weighted by molar-refractivity contribution is 0.0696. The number of carboxylic acid groups (broad SMARTS) is 1. The van der Waals surface area contributed by atoms with Crippen molar-refractivity contribution in [1.29, 1.82) is 0 Å². The first-order chi connectivity index (χ1) is 9.60. The van der Waals surface area contributed by atoms with E-state index in [2.05, 4.69) is 28.2 Å². The fraction of sp³-hybridized carbons (Fsp3) is 0.562. The molecule has 0 radical (unpaired) electrons. The lowest BCUT2D eigenvalue weighted by Gasteiger charge is -2.29. The van der Waals surface area contributed by atoms with Crippen molar-refractivity contribution in [3.8, 4) is 0 Å². The summed E-state index contributed by atoms with van der Waals surface area (Å²) in [5, 5.41) is 12.5. The van der Waals surface area contributed by atoms with Crippen LogP contribution in [0.25, 0.3) is 0 Å². The summed E-state index contributed by atoms with van der Waals surface area (Å²) in [6.45, 7) is 2.26. The first-order valence-electron chi connectivity index (χ1n) is 7.39. The van der Waals surface area contributed by atoms with Crippen LogP contribution in [0.3, 0.4) is 0 Å². The molecule has 0 atom stereocenters. The molecule has 1 fully saturated rings. The summed E-state index contributed by atoms with van der Waals surface area (Å²) < 4.78 is 0.634. The Hall–Kier alpha value is -1.03. The number of carboxylic acids is 1. The van der Waals surface area contributed by atoms with E-state index >= 15 is 0 Å². The molecule has 0 aliphatic heterocycles. The number of halogens is 1. The SMILES string of the molecule is CCCC1CCC(Nc2ccc(C(=O)O)c(Br)c2)CC1. The molecule has 0 amide bonds. The van der Waals surface area contributed by atoms with Crippen molar-refractivity contribution in [3.05, 3.63) is 28.2 Å². The lowest BCUT2D eigenvalue weighted by atomic mass is 9.83. The monoisotopic (exact) mass is 339 g/mol. The van der Waals surface area contributed by atoms with Gasteiger partial charge in [0.2, 0.25) is 0 Å². The van der Waals surface area contributed by atoms with Gasteiger partial charge in [-0.3, -0.25) is 0 Å². The molecule has 2 rings (SSSR count). The fourth-order valence-corrected chi connectivity index (χ4v) is 3.57. The summed E-state index contributed by atoms with van der Waals surface area (Å²) in [4.78, 5) is 11.0. The molecule has 3 nitrogen and oxygen atoms in total. The maximum absolute atomic E-state index is 11.0. The third-order valence-electron chi connectivity index (χ3n) is 4.11. The summed E-state index contributed by atoms with van der Waals surface area (Å²) in [7, 11) is 0. The second-order valence-electron chi connectivity index (χ2n) is 5.65. The summed E-state index contributed by atoms with van der Waals surface area (Å²) in [5.41, 5.74) is 1.31. The van der Waals surface area contributed by atoms with Crippen LogP contribution in [0.1, 0.15) is 55.8 Å². The molecule has 1 aliphatic carbocycles. The van der Waals surface area contributed by atoms with Crippen LogP contribution >= 0.6 is 15.9 Å². The molecule has 0 unspecified atom stereocenters. The topological polar surface area (TPSA) is 49.3 Å². The molecule has 110 valence electrons. The van der Waals surface area contributed by atoms with E-state index in [0.29, 0.717) is 16.1 Å². The van der Waals surface area contributed by atoms with Gasteiger partial charge in [0.1, 0.15) is 0 Å². The van der Waals surface area contributed by atoms with Crippen molar-refractivity contribution in [2.24, 2.45) is 5.92 Å². The van der Waals surface area contributed by atoms with E-state index in [-0.39, 0.29) is 0 Å². The highest BCUT2D eigenvalue weighted by Crippen LogP contribution is 2.30. The Bertz CT molecular complexity index is 468. The van der Waals surface area contributed by atoms with Gasteiger partial charge in [0.05, 0.1) is 5.56 Å². The second-order valence-corrected chi connectivity index (χ2v) is 6.50. The van der Waals surface area contributed by atoms with Crippen LogP contribution in [0.4, 0.5) is 5.69 Å². The van der Waals surface area contributed by atoms with Crippen LogP contribution in [0.5, 0.6) is 0 Å². The van der Waals surface area contributed by atoms with Crippen molar-refractivity contribution in [2.75, 3.05) is 5.32 Å². The van der Waals surface area contributed by atoms with Crippen LogP contribution < -0.4 is 5.32 Å². The zero-order valence-corrected chi connectivity index (χ0v) is 13.4. The highest BCUT2D eigenvalue weighted by atomic mass is 79.9. The average molecular weight is 340 g/mol. The van der Waals surface area contributed by atoms with Crippen LogP contribution in [-0.2, 0) is 0 Å². The van der Waals surface area contributed by atoms with Crippen LogP contribution in [0.2, 0.25) is 0 Å². The first-order valence-corrected chi connectivity index (χ1v) is 8.18. The smallest absolute Gasteiger partial charge is 0.336 e. The molecule has 2 N–H and O–H groups in total. The number of hydrogen-bond donors (Lipinski definition) is 2. The Kier molecular flexibility index (Phi) is 5.46. The Labute approximate surface area is 128 Å². The molecule has 0 bridgehead atoms. The third kappa shape index (κ3) is 3.98. The van der Waals surface area contributed by atoms with Crippen molar-refractivity contribution < 1.29 is 9.90 Å². The number of anilines is 1. The average Bonchev–Trinajstić information content (AvgIpc) is 2.41. The molecular weight excluding hydrogens is 318 g/mol. The van der Waals surface area contributed by atoms with E-state index in [0.717, 1.165) is 11.6 Å². The van der Waals surface area contributed by atoms with Gasteiger partial charge in [0.25, 0.3) is 0 Å². The molecule has 20 heavy (non-hydrogen) atoms. The van der Waals surface area contributed by atoms with E-state index in [1.54, 1.807) is 6.07 Å². The van der Waals surface area contributed by atoms with E-state index < -0.39 is 5.97 Å². The predicted octanol–water partition coefficient (Wildman–Crippen LogP) is 4.92. The van der Waals surface area contributed by atoms with Crippen molar-refractivity contribution >= 4 is 27.6 Å². The second kappa shape index (κ2) is 7.11. The van der Waals surface area contributed by atoms with Crippen molar-refractivity contribution in [1.82, 2.24) is 0 Å². The van der Waals surface area contributed by atoms with E-state index in [9.17, 15) is 4.79 Å². The number of nitrogens with one attached hydrogen (secondary N) is 1. The molecule has 1 aromatic carbocycles. The molecule has 0 aromatic heterocycles. The molecule has 1 aliphatic rings. The minimum absolute atomic E-state index is 0.308. The van der Waals surface area contributed by atoms with Gasteiger partial charge in [-0.05, 0) is 65.7 Å². The normalized spacial score (nSPS) is 22.5. The van der Waals surface area contributed by atoms with Crippen LogP contribution in [-0.4, -0.2) is 17.1 Å². The van der Waals surface area contributed by atoms with Gasteiger partial charge in [-0.25, -0.2) is 4.79 Å². The number of hydrogen-bond acceptors (Lipinski definition) is 2. The molecular formula is C16H22BrNO2. The van der Waals surface area contributed by atoms with Crippen LogP contribution in [0.15, 0.2) is 22.7 Å². The Morgan fingerprint density at radius 3 is 2.60 bits per heavy atom. The molecule has 1 saturated carbocycles. The van der Waals surface area contributed by atoms with Crippen LogP contribution in [0, 0.1) is 5.92 Å². The lowest BCUT2D eigenvalue weighted by Crippen LogP contribution is -2.26. The maximum atomic E-state index is 11.0. The Morgan fingerprint density at radius 1 is 1.35 bits per heavy atom. The van der Waals surface area contributed by atoms with Gasteiger partial charge in [0, 0.05) is 16.2 Å². The summed E-state index contributed by atoms with van der Waals surface area (Å²) in [5.74, 6) is 0.00247. The number of aromatic carboxylic acids is 1. The van der Waals surface area contributed by atoms with Crippen molar-refractivity contribution in [2.45, 2.75) is 51.5 Å². The Morgan fingerprint density at radius 2 is 2.05 bits per heavy atom. The van der Waals surface area contributed by atoms with Gasteiger partial charge in [0.15, 0.2) is 0 Å². The Balaban J connectivity index is 1.91. The van der Waals surface area contributed by atoms with Gasteiger partial charge in [-0.1, -0.05) is 19.8 Å². The molecule has 4 heteroatoms. The summed E-state index contributed by atoms with van der Waals surface area (Å²) in [6, 6.07) is 5.89. The van der Waals surface area contributed by atoms with Gasteiger partial charge in [-0.2, -0.15) is 0 Å². The zero-order chi connectivity index (χ0) is 14.5. The van der Waals surface area contributed by atoms with E-state index in [1.165, 1.54) is 38.5 Å². The third-order valence-corrected chi connectivity index (χ3v) is 4.77. The molecule has 0 saturated heterocycles. The number of carbonyl (C=O) groups is 1. The number of benzene rings is 1.